The van der Waals surface area contributed by atoms with E-state index in [4.69, 9.17) is 4.74 Å². The highest BCUT2D eigenvalue weighted by molar-refractivity contribution is 7.89. The van der Waals surface area contributed by atoms with E-state index in [-0.39, 0.29) is 18.0 Å². The van der Waals surface area contributed by atoms with Gasteiger partial charge in [0.05, 0.1) is 22.7 Å². The zero-order valence-electron chi connectivity index (χ0n) is 13.0. The summed E-state index contributed by atoms with van der Waals surface area (Å²) < 4.78 is 34.4. The van der Waals surface area contributed by atoms with Gasteiger partial charge in [-0.25, -0.2) is 22.9 Å². The second-order valence-electron chi connectivity index (χ2n) is 6.02. The van der Waals surface area contributed by atoms with Crippen LogP contribution in [0.2, 0.25) is 0 Å². The molecular weight excluding hydrogens is 330 g/mol. The highest BCUT2D eigenvalue weighted by atomic mass is 32.2. The number of rotatable bonds is 4. The van der Waals surface area contributed by atoms with Crippen LogP contribution in [0.25, 0.3) is 0 Å². The predicted octanol–water partition coefficient (Wildman–Crippen LogP) is 1.37. The van der Waals surface area contributed by atoms with Gasteiger partial charge in [-0.15, -0.1) is 0 Å². The van der Waals surface area contributed by atoms with Crippen molar-refractivity contribution < 1.29 is 17.9 Å². The number of hydrogen-bond acceptors (Lipinski definition) is 5. The number of carbonyl (C=O) groups excluding carboxylic acids is 1. The summed E-state index contributed by atoms with van der Waals surface area (Å²) in [4.78, 5) is 16.1. The monoisotopic (exact) mass is 347 g/mol. The molecule has 0 atom stereocenters. The summed E-state index contributed by atoms with van der Waals surface area (Å²) in [5.74, 6) is 0.527. The van der Waals surface area contributed by atoms with Crippen LogP contribution in [-0.4, -0.2) is 23.9 Å². The van der Waals surface area contributed by atoms with Gasteiger partial charge in [-0.2, -0.15) is 0 Å². The molecule has 126 valence electrons. The number of sulfonamides is 1. The number of fused-ring (bicyclic) bond motifs is 2. The molecule has 1 aromatic carbocycles. The molecule has 7 nitrogen and oxygen atoms in total. The maximum absolute atomic E-state index is 12.5. The molecule has 0 spiro atoms. The summed E-state index contributed by atoms with van der Waals surface area (Å²) in [6.07, 6.45) is 5.07. The third-order valence-electron chi connectivity index (χ3n) is 4.37. The van der Waals surface area contributed by atoms with Gasteiger partial charge >= 0.3 is 5.97 Å². The van der Waals surface area contributed by atoms with Crippen LogP contribution in [0.5, 0.6) is 0 Å². The van der Waals surface area contributed by atoms with Crippen LogP contribution in [0.1, 0.15) is 40.3 Å². The molecule has 0 aliphatic carbocycles. The number of nitrogens with one attached hydrogen (secondary N) is 1. The smallest absolute Gasteiger partial charge is 0.338 e. The van der Waals surface area contributed by atoms with Crippen LogP contribution < -0.4 is 4.72 Å². The lowest BCUT2D eigenvalue weighted by atomic mass is 10.1. The van der Waals surface area contributed by atoms with E-state index in [2.05, 4.69) is 14.3 Å². The van der Waals surface area contributed by atoms with Crippen molar-refractivity contribution in [3.63, 3.8) is 0 Å². The Kier molecular flexibility index (Phi) is 3.65. The number of esters is 1. The first-order valence-electron chi connectivity index (χ1n) is 7.87. The standard InChI is InChI=1S/C16H17N3O4S/c20-16-14-7-13(5-4-11(14)10-23-16)24(21,22)17-8-12-9-19-6-2-1-3-15(19)18-12/h4-5,7,9,17H,1-3,6,8,10H2. The molecule has 0 unspecified atom stereocenters. The van der Waals surface area contributed by atoms with Gasteiger partial charge < -0.3 is 9.30 Å². The number of benzene rings is 1. The van der Waals surface area contributed by atoms with Crippen molar-refractivity contribution in [3.05, 3.63) is 47.0 Å². The van der Waals surface area contributed by atoms with Crippen LogP contribution >= 0.6 is 0 Å². The van der Waals surface area contributed by atoms with Crippen LogP contribution in [0.15, 0.2) is 29.3 Å². The quantitative estimate of drug-likeness (QED) is 0.844. The molecule has 0 radical (unpaired) electrons. The maximum atomic E-state index is 12.5. The topological polar surface area (TPSA) is 90.3 Å². The van der Waals surface area contributed by atoms with E-state index in [9.17, 15) is 13.2 Å². The van der Waals surface area contributed by atoms with Crippen LogP contribution in [0, 0.1) is 0 Å². The first-order valence-corrected chi connectivity index (χ1v) is 9.36. The molecule has 0 bridgehead atoms. The first kappa shape index (κ1) is 15.3. The molecular formula is C16H17N3O4S. The van der Waals surface area contributed by atoms with Gasteiger partial charge in [0.25, 0.3) is 0 Å². The average molecular weight is 347 g/mol. The molecule has 0 fully saturated rings. The fourth-order valence-electron chi connectivity index (χ4n) is 3.07. The second kappa shape index (κ2) is 5.71. The number of aryl methyl sites for hydroxylation is 2. The molecule has 2 aliphatic rings. The molecule has 0 amide bonds. The Balaban J connectivity index is 1.52. The maximum Gasteiger partial charge on any atom is 0.338 e. The molecule has 4 rings (SSSR count). The summed E-state index contributed by atoms with van der Waals surface area (Å²) in [5.41, 5.74) is 1.73. The largest absolute Gasteiger partial charge is 0.457 e. The van der Waals surface area contributed by atoms with Crippen molar-refractivity contribution in [2.75, 3.05) is 0 Å². The van der Waals surface area contributed by atoms with E-state index in [0.717, 1.165) is 31.6 Å². The van der Waals surface area contributed by atoms with Crippen LogP contribution in [-0.2, 0) is 40.9 Å². The van der Waals surface area contributed by atoms with E-state index in [1.807, 2.05) is 6.20 Å². The summed E-state index contributed by atoms with van der Waals surface area (Å²) in [6, 6.07) is 4.47. The van der Waals surface area contributed by atoms with E-state index in [0.29, 0.717) is 16.8 Å². The molecule has 8 heteroatoms. The number of aromatic nitrogens is 2. The lowest BCUT2D eigenvalue weighted by molar-refractivity contribution is 0.0535. The number of ether oxygens (including phenoxy) is 1. The lowest BCUT2D eigenvalue weighted by Crippen LogP contribution is -2.23. The fraction of sp³-hybridized carbons (Fsp3) is 0.375. The summed E-state index contributed by atoms with van der Waals surface area (Å²) in [7, 11) is -3.71. The van der Waals surface area contributed by atoms with E-state index < -0.39 is 16.0 Å². The number of hydrogen-bond donors (Lipinski definition) is 1. The highest BCUT2D eigenvalue weighted by Gasteiger charge is 2.24. The minimum absolute atomic E-state index is 0.0593. The minimum atomic E-state index is -3.71. The summed E-state index contributed by atoms with van der Waals surface area (Å²) >= 11 is 0. The third kappa shape index (κ3) is 2.71. The van der Waals surface area contributed by atoms with Gasteiger partial charge in [0.2, 0.25) is 10.0 Å². The molecule has 0 saturated heterocycles. The number of cyclic esters (lactones) is 1. The average Bonchev–Trinajstić information content (AvgIpc) is 3.16. The van der Waals surface area contributed by atoms with Gasteiger partial charge in [-0.05, 0) is 25.0 Å². The second-order valence-corrected chi connectivity index (χ2v) is 7.79. The number of nitrogens with zero attached hydrogens (tertiary/aromatic N) is 2. The van der Waals surface area contributed by atoms with Gasteiger partial charge in [0, 0.05) is 24.7 Å². The van der Waals surface area contributed by atoms with Crippen molar-refractivity contribution in [2.24, 2.45) is 0 Å². The Morgan fingerprint density at radius 1 is 1.29 bits per heavy atom. The first-order chi connectivity index (χ1) is 11.5. The molecule has 3 heterocycles. The normalized spacial score (nSPS) is 16.6. The molecule has 2 aliphatic heterocycles. The number of imidazole rings is 1. The third-order valence-corrected chi connectivity index (χ3v) is 5.77. The van der Waals surface area contributed by atoms with Crippen molar-refractivity contribution in [3.8, 4) is 0 Å². The van der Waals surface area contributed by atoms with Gasteiger partial charge in [-0.1, -0.05) is 6.07 Å². The van der Waals surface area contributed by atoms with Crippen LogP contribution in [0.4, 0.5) is 0 Å². The Bertz CT molecular complexity index is 894. The number of carbonyl (C=O) groups is 1. The Hall–Kier alpha value is -2.19. The van der Waals surface area contributed by atoms with Crippen molar-refractivity contribution in [2.45, 2.75) is 43.9 Å². The lowest BCUT2D eigenvalue weighted by Gasteiger charge is -2.11. The molecule has 2 aromatic rings. The van der Waals surface area contributed by atoms with Gasteiger partial charge in [-0.3, -0.25) is 0 Å². The minimum Gasteiger partial charge on any atom is -0.457 e. The zero-order chi connectivity index (χ0) is 16.7. The molecule has 1 aromatic heterocycles. The Labute approximate surface area is 139 Å². The molecule has 1 N–H and O–H groups in total. The molecule has 0 saturated carbocycles. The van der Waals surface area contributed by atoms with Gasteiger partial charge in [0.15, 0.2) is 0 Å². The Morgan fingerprint density at radius 2 is 2.17 bits per heavy atom. The Morgan fingerprint density at radius 3 is 3.00 bits per heavy atom. The summed E-state index contributed by atoms with van der Waals surface area (Å²) in [5, 5.41) is 0. The van der Waals surface area contributed by atoms with Crippen molar-refractivity contribution in [1.82, 2.24) is 14.3 Å². The van der Waals surface area contributed by atoms with Crippen molar-refractivity contribution in [1.29, 1.82) is 0 Å². The van der Waals surface area contributed by atoms with Gasteiger partial charge in [0.1, 0.15) is 12.4 Å². The summed E-state index contributed by atoms with van der Waals surface area (Å²) in [6.45, 7) is 1.26. The molecule has 24 heavy (non-hydrogen) atoms. The van der Waals surface area contributed by atoms with E-state index in [1.165, 1.54) is 12.1 Å². The van der Waals surface area contributed by atoms with Crippen molar-refractivity contribution >= 4 is 16.0 Å². The predicted molar refractivity (Wildman–Crippen MR) is 84.8 cm³/mol. The van der Waals surface area contributed by atoms with Crippen LogP contribution in [0.3, 0.4) is 0 Å². The SMILES string of the molecule is O=C1OCc2ccc(S(=O)(=O)NCc3cn4c(n3)CCCC4)cc21. The fourth-order valence-corrected chi connectivity index (χ4v) is 4.09. The highest BCUT2D eigenvalue weighted by Crippen LogP contribution is 2.23. The van der Waals surface area contributed by atoms with E-state index >= 15 is 0 Å². The van der Waals surface area contributed by atoms with E-state index in [1.54, 1.807) is 6.07 Å². The zero-order valence-corrected chi connectivity index (χ0v) is 13.8.